The minimum atomic E-state index is -0.0954. The molecule has 1 unspecified atom stereocenters. The van der Waals surface area contributed by atoms with E-state index in [1.165, 1.54) is 6.07 Å². The Kier molecular flexibility index (Phi) is 11.0. The maximum absolute atomic E-state index is 12.8. The summed E-state index contributed by atoms with van der Waals surface area (Å²) in [6.45, 7) is 3.01. The molecule has 2 N–H and O–H groups in total. The molecule has 2 amide bonds. The van der Waals surface area contributed by atoms with Crippen LogP contribution in [-0.4, -0.2) is 47.5 Å². The summed E-state index contributed by atoms with van der Waals surface area (Å²) in [5.41, 5.74) is 1.02. The lowest BCUT2D eigenvalue weighted by atomic mass is 10.0. The number of halogens is 1. The van der Waals surface area contributed by atoms with Crippen LogP contribution in [0.15, 0.2) is 59.5 Å². The smallest absolute Gasteiger partial charge is 0.250 e. The summed E-state index contributed by atoms with van der Waals surface area (Å²) in [6.07, 6.45) is 4.94. The predicted octanol–water partition coefficient (Wildman–Crippen LogP) is 2.51. The van der Waals surface area contributed by atoms with Gasteiger partial charge in [-0.25, -0.2) is 0 Å². The van der Waals surface area contributed by atoms with Gasteiger partial charge in [-0.2, -0.15) is 0 Å². The molecule has 0 bridgehead atoms. The van der Waals surface area contributed by atoms with E-state index in [2.05, 4.69) is 10.6 Å². The van der Waals surface area contributed by atoms with Crippen LogP contribution in [0.2, 0.25) is 0 Å². The van der Waals surface area contributed by atoms with Gasteiger partial charge in [0.25, 0.3) is 5.56 Å². The third-order valence-electron chi connectivity index (χ3n) is 5.58. The van der Waals surface area contributed by atoms with E-state index >= 15 is 0 Å². The first-order chi connectivity index (χ1) is 15.1. The van der Waals surface area contributed by atoms with E-state index in [1.54, 1.807) is 22.9 Å². The second kappa shape index (κ2) is 13.7. The fraction of sp³-hybridized carbons (Fsp3) is 0.458. The number of nitrogens with zero attached hydrogens (tertiary/aromatic N) is 2. The van der Waals surface area contributed by atoms with Gasteiger partial charge in [0.05, 0.1) is 0 Å². The van der Waals surface area contributed by atoms with Gasteiger partial charge in [0.15, 0.2) is 0 Å². The molecular formula is C24H33ClN4O3. The van der Waals surface area contributed by atoms with Gasteiger partial charge in [-0.15, -0.1) is 12.4 Å². The first kappa shape index (κ1) is 25.6. The largest absolute Gasteiger partial charge is 0.356 e. The van der Waals surface area contributed by atoms with Crippen LogP contribution in [0.3, 0.4) is 0 Å². The highest BCUT2D eigenvalue weighted by Crippen LogP contribution is 2.17. The second-order valence-electron chi connectivity index (χ2n) is 7.90. The third-order valence-corrected chi connectivity index (χ3v) is 5.58. The molecule has 1 aromatic heterocycles. The maximum atomic E-state index is 12.8. The summed E-state index contributed by atoms with van der Waals surface area (Å²) >= 11 is 0. The summed E-state index contributed by atoms with van der Waals surface area (Å²) in [6, 6.07) is 15.0. The number of rotatable bonds is 4. The van der Waals surface area contributed by atoms with E-state index in [-0.39, 0.29) is 35.8 Å². The van der Waals surface area contributed by atoms with Crippen molar-refractivity contribution in [2.24, 2.45) is 0 Å². The van der Waals surface area contributed by atoms with Crippen molar-refractivity contribution in [2.45, 2.75) is 44.7 Å². The van der Waals surface area contributed by atoms with Gasteiger partial charge < -0.3 is 20.1 Å². The molecule has 1 aliphatic rings. The minimum Gasteiger partial charge on any atom is -0.356 e. The molecule has 0 spiro atoms. The molecule has 2 heterocycles. The summed E-state index contributed by atoms with van der Waals surface area (Å²) < 4.78 is 1.56. The molecule has 1 atom stereocenters. The number of pyridine rings is 1. The lowest BCUT2D eigenvalue weighted by Gasteiger charge is -2.23. The van der Waals surface area contributed by atoms with Crippen LogP contribution in [-0.2, 0) is 16.1 Å². The number of nitrogens with one attached hydrogen (secondary N) is 2. The van der Waals surface area contributed by atoms with Crippen LogP contribution in [0.1, 0.15) is 43.7 Å². The molecule has 1 fully saturated rings. The van der Waals surface area contributed by atoms with Gasteiger partial charge in [-0.3, -0.25) is 14.4 Å². The Labute approximate surface area is 195 Å². The van der Waals surface area contributed by atoms with Crippen molar-refractivity contribution in [3.05, 3.63) is 70.6 Å². The molecule has 1 aliphatic heterocycles. The molecule has 3 rings (SSSR count). The second-order valence-corrected chi connectivity index (χ2v) is 7.90. The van der Waals surface area contributed by atoms with Gasteiger partial charge in [-0.05, 0) is 37.4 Å². The van der Waals surface area contributed by atoms with Crippen molar-refractivity contribution in [1.82, 2.24) is 20.1 Å². The molecule has 8 heteroatoms. The Balaban J connectivity index is 0.00000363. The standard InChI is InChI=1S/C24H32N4O3.ClH/c29-22-19-21(20-9-2-1-3-10-20)25-13-5-7-16-27(17-8-14-26-22)24(31)12-18-28-15-6-4-11-23(28)30;/h1-4,6,9-11,15,21,25H,5,7-8,12-14,16-19H2,(H,26,29);1H. The molecule has 0 radical (unpaired) electrons. The Bertz CT molecular complexity index is 903. The van der Waals surface area contributed by atoms with Crippen molar-refractivity contribution in [3.8, 4) is 0 Å². The van der Waals surface area contributed by atoms with Crippen molar-refractivity contribution in [3.63, 3.8) is 0 Å². The van der Waals surface area contributed by atoms with Crippen LogP contribution in [0, 0.1) is 0 Å². The highest BCUT2D eigenvalue weighted by Gasteiger charge is 2.17. The Morgan fingerprint density at radius 3 is 2.47 bits per heavy atom. The van der Waals surface area contributed by atoms with E-state index < -0.39 is 0 Å². The fourth-order valence-electron chi connectivity index (χ4n) is 3.83. The number of aromatic nitrogens is 1. The van der Waals surface area contributed by atoms with Crippen LogP contribution in [0.5, 0.6) is 0 Å². The van der Waals surface area contributed by atoms with Gasteiger partial charge in [0.2, 0.25) is 11.8 Å². The number of aryl methyl sites for hydroxylation is 1. The normalized spacial score (nSPS) is 18.3. The topological polar surface area (TPSA) is 83.4 Å². The fourth-order valence-corrected chi connectivity index (χ4v) is 3.83. The van der Waals surface area contributed by atoms with E-state index in [0.29, 0.717) is 45.4 Å². The lowest BCUT2D eigenvalue weighted by Crippen LogP contribution is -2.36. The van der Waals surface area contributed by atoms with Crippen LogP contribution >= 0.6 is 12.4 Å². The van der Waals surface area contributed by atoms with Crippen molar-refractivity contribution >= 4 is 24.2 Å². The summed E-state index contributed by atoms with van der Waals surface area (Å²) in [5, 5.41) is 6.48. The average Bonchev–Trinajstić information content (AvgIpc) is 2.80. The number of carbonyl (C=O) groups excluding carboxylic acids is 2. The van der Waals surface area contributed by atoms with Gasteiger partial charge in [0.1, 0.15) is 0 Å². The van der Waals surface area contributed by atoms with Crippen LogP contribution in [0.25, 0.3) is 0 Å². The lowest BCUT2D eigenvalue weighted by molar-refractivity contribution is -0.131. The SMILES string of the molecule is Cl.O=C1CC(c2ccccc2)NCCCCN(C(=O)CCn2ccccc2=O)CCCN1. The number of carbonyl (C=O) groups is 2. The maximum Gasteiger partial charge on any atom is 0.250 e. The predicted molar refractivity (Wildman–Crippen MR) is 128 cm³/mol. The monoisotopic (exact) mass is 460 g/mol. The number of hydrogen-bond donors (Lipinski definition) is 2. The van der Waals surface area contributed by atoms with Crippen LogP contribution < -0.4 is 16.2 Å². The van der Waals surface area contributed by atoms with Gasteiger partial charge in [0, 0.05) is 57.3 Å². The van der Waals surface area contributed by atoms with Crippen molar-refractivity contribution in [2.75, 3.05) is 26.2 Å². The molecule has 7 nitrogen and oxygen atoms in total. The molecule has 2 aromatic rings. The molecule has 1 aromatic carbocycles. The highest BCUT2D eigenvalue weighted by molar-refractivity contribution is 5.85. The third kappa shape index (κ3) is 8.13. The molecule has 0 aliphatic carbocycles. The molecule has 1 saturated heterocycles. The zero-order valence-electron chi connectivity index (χ0n) is 18.4. The average molecular weight is 461 g/mol. The first-order valence-corrected chi connectivity index (χ1v) is 11.1. The summed E-state index contributed by atoms with van der Waals surface area (Å²) in [5.74, 6) is 0.0639. The number of hydrogen-bond acceptors (Lipinski definition) is 4. The summed E-state index contributed by atoms with van der Waals surface area (Å²) in [4.78, 5) is 38.9. The molecular weight excluding hydrogens is 428 g/mol. The highest BCUT2D eigenvalue weighted by atomic mass is 35.5. The zero-order valence-corrected chi connectivity index (χ0v) is 19.2. The molecule has 0 saturated carbocycles. The van der Waals surface area contributed by atoms with Gasteiger partial charge in [-0.1, -0.05) is 36.4 Å². The quantitative estimate of drug-likeness (QED) is 0.734. The molecule has 32 heavy (non-hydrogen) atoms. The molecule has 174 valence electrons. The minimum absolute atomic E-state index is 0. The van der Waals surface area contributed by atoms with Crippen molar-refractivity contribution in [1.29, 1.82) is 0 Å². The Hall–Kier alpha value is -2.64. The van der Waals surface area contributed by atoms with E-state index in [1.807, 2.05) is 35.2 Å². The number of benzene rings is 1. The number of amides is 2. The van der Waals surface area contributed by atoms with Crippen LogP contribution in [0.4, 0.5) is 0 Å². The Morgan fingerprint density at radius 1 is 0.938 bits per heavy atom. The van der Waals surface area contributed by atoms with E-state index in [9.17, 15) is 14.4 Å². The van der Waals surface area contributed by atoms with Crippen molar-refractivity contribution < 1.29 is 9.59 Å². The zero-order chi connectivity index (χ0) is 21.9. The Morgan fingerprint density at radius 2 is 1.69 bits per heavy atom. The van der Waals surface area contributed by atoms with E-state index in [0.717, 1.165) is 24.9 Å². The van der Waals surface area contributed by atoms with Gasteiger partial charge >= 0.3 is 0 Å². The summed E-state index contributed by atoms with van der Waals surface area (Å²) in [7, 11) is 0. The first-order valence-electron chi connectivity index (χ1n) is 11.1. The van der Waals surface area contributed by atoms with E-state index in [4.69, 9.17) is 0 Å².